The molecule has 6 heteroatoms. The summed E-state index contributed by atoms with van der Waals surface area (Å²) >= 11 is 1.34. The molecule has 0 fully saturated rings. The summed E-state index contributed by atoms with van der Waals surface area (Å²) in [4.78, 5) is 0. The van der Waals surface area contributed by atoms with Crippen LogP contribution >= 0.6 is 11.8 Å². The van der Waals surface area contributed by atoms with E-state index in [-0.39, 0.29) is 11.1 Å². The van der Waals surface area contributed by atoms with Gasteiger partial charge in [-0.15, -0.1) is 10.2 Å². The van der Waals surface area contributed by atoms with Crippen molar-refractivity contribution in [1.82, 2.24) is 14.8 Å². The number of aromatic nitrogens is 3. The predicted molar refractivity (Wildman–Crippen MR) is 67.3 cm³/mol. The second-order valence-electron chi connectivity index (χ2n) is 3.76. The average molecular weight is 262 g/mol. The summed E-state index contributed by atoms with van der Waals surface area (Å²) in [5.74, 6) is 0.372. The summed E-state index contributed by atoms with van der Waals surface area (Å²) in [5.41, 5.74) is 0.794. The van der Waals surface area contributed by atoms with Gasteiger partial charge in [-0.1, -0.05) is 11.8 Å². The van der Waals surface area contributed by atoms with Gasteiger partial charge in [-0.3, -0.25) is 0 Å². The molecular weight excluding hydrogens is 251 g/mol. The molecule has 92 valence electrons. The average Bonchev–Trinajstić information content (AvgIpc) is 2.72. The molecule has 0 spiro atoms. The first-order chi connectivity index (χ1) is 8.61. The number of rotatable bonds is 3. The van der Waals surface area contributed by atoms with Crippen LogP contribution in [0.1, 0.15) is 6.92 Å². The molecule has 1 heterocycles. The number of halogens is 1. The molecular formula is C12H11FN4S. The van der Waals surface area contributed by atoms with Gasteiger partial charge in [0.1, 0.15) is 5.82 Å². The maximum atomic E-state index is 12.8. The zero-order valence-corrected chi connectivity index (χ0v) is 10.8. The summed E-state index contributed by atoms with van der Waals surface area (Å²) in [5, 5.41) is 17.4. The lowest BCUT2D eigenvalue weighted by atomic mass is 10.2. The third-order valence-corrected chi connectivity index (χ3v) is 3.43. The molecule has 0 aliphatic carbocycles. The zero-order valence-electron chi connectivity index (χ0n) is 9.96. The van der Waals surface area contributed by atoms with E-state index in [9.17, 15) is 4.39 Å². The molecule has 0 amide bonds. The van der Waals surface area contributed by atoms with E-state index < -0.39 is 0 Å². The number of nitriles is 1. The van der Waals surface area contributed by atoms with Gasteiger partial charge >= 0.3 is 0 Å². The van der Waals surface area contributed by atoms with Gasteiger partial charge < -0.3 is 4.57 Å². The molecule has 0 saturated heterocycles. The molecule has 0 saturated carbocycles. The molecule has 0 bridgehead atoms. The van der Waals surface area contributed by atoms with Gasteiger partial charge in [-0.25, -0.2) is 4.39 Å². The van der Waals surface area contributed by atoms with Gasteiger partial charge in [0.25, 0.3) is 0 Å². The van der Waals surface area contributed by atoms with Crippen LogP contribution < -0.4 is 0 Å². The van der Waals surface area contributed by atoms with Crippen LogP contribution in [0.4, 0.5) is 4.39 Å². The molecule has 1 aromatic heterocycles. The van der Waals surface area contributed by atoms with E-state index >= 15 is 0 Å². The normalized spacial score (nSPS) is 12.1. The van der Waals surface area contributed by atoms with Crippen molar-refractivity contribution in [3.63, 3.8) is 0 Å². The lowest BCUT2D eigenvalue weighted by Gasteiger charge is -2.04. The van der Waals surface area contributed by atoms with Crippen molar-refractivity contribution in [2.75, 3.05) is 0 Å². The van der Waals surface area contributed by atoms with Gasteiger partial charge in [0.05, 0.1) is 11.3 Å². The minimum Gasteiger partial charge on any atom is -0.305 e. The van der Waals surface area contributed by atoms with Crippen molar-refractivity contribution >= 4 is 11.8 Å². The van der Waals surface area contributed by atoms with Crippen molar-refractivity contribution in [2.45, 2.75) is 17.3 Å². The smallest absolute Gasteiger partial charge is 0.192 e. The molecule has 2 aromatic rings. The highest BCUT2D eigenvalue weighted by Gasteiger charge is 2.13. The standard InChI is InChI=1S/C12H11FN4S/c1-8(7-14)18-12-16-15-11(17(12)2)9-3-5-10(13)6-4-9/h3-6,8H,1-2H3. The third kappa shape index (κ3) is 2.51. The van der Waals surface area contributed by atoms with Crippen molar-refractivity contribution in [2.24, 2.45) is 7.05 Å². The fraction of sp³-hybridized carbons (Fsp3) is 0.250. The Morgan fingerprint density at radius 2 is 2.00 bits per heavy atom. The summed E-state index contributed by atoms with van der Waals surface area (Å²) in [7, 11) is 1.82. The lowest BCUT2D eigenvalue weighted by molar-refractivity contribution is 0.628. The van der Waals surface area contributed by atoms with Crippen LogP contribution in [-0.4, -0.2) is 20.0 Å². The minimum atomic E-state index is -0.284. The number of benzene rings is 1. The van der Waals surface area contributed by atoms with E-state index in [4.69, 9.17) is 5.26 Å². The maximum absolute atomic E-state index is 12.8. The largest absolute Gasteiger partial charge is 0.305 e. The van der Waals surface area contributed by atoms with Gasteiger partial charge in [0.15, 0.2) is 11.0 Å². The van der Waals surface area contributed by atoms with Crippen LogP contribution in [0.3, 0.4) is 0 Å². The Morgan fingerprint density at radius 1 is 1.33 bits per heavy atom. The van der Waals surface area contributed by atoms with Crippen LogP contribution in [0.2, 0.25) is 0 Å². The Bertz CT molecular complexity index is 585. The highest BCUT2D eigenvalue weighted by atomic mass is 32.2. The monoisotopic (exact) mass is 262 g/mol. The van der Waals surface area contributed by atoms with Crippen LogP contribution in [0.25, 0.3) is 11.4 Å². The molecule has 1 aromatic carbocycles. The zero-order chi connectivity index (χ0) is 13.1. The highest BCUT2D eigenvalue weighted by molar-refractivity contribution is 8.00. The summed E-state index contributed by atoms with van der Waals surface area (Å²) in [6, 6.07) is 8.21. The summed E-state index contributed by atoms with van der Waals surface area (Å²) < 4.78 is 14.6. The Kier molecular flexibility index (Phi) is 3.63. The lowest BCUT2D eigenvalue weighted by Crippen LogP contribution is -1.98. The summed E-state index contributed by atoms with van der Waals surface area (Å²) in [6.07, 6.45) is 0. The Labute approximate surface area is 108 Å². The highest BCUT2D eigenvalue weighted by Crippen LogP contribution is 2.25. The molecule has 0 N–H and O–H groups in total. The SMILES string of the molecule is CC(C#N)Sc1nnc(-c2ccc(F)cc2)n1C. The fourth-order valence-corrected chi connectivity index (χ4v) is 2.15. The van der Waals surface area contributed by atoms with Crippen LogP contribution in [0.15, 0.2) is 29.4 Å². The Morgan fingerprint density at radius 3 is 2.61 bits per heavy atom. The molecule has 2 rings (SSSR count). The Balaban J connectivity index is 2.31. The molecule has 0 aliphatic heterocycles. The van der Waals surface area contributed by atoms with E-state index in [2.05, 4.69) is 16.3 Å². The van der Waals surface area contributed by atoms with E-state index in [1.807, 2.05) is 7.05 Å². The first kappa shape index (κ1) is 12.6. The van der Waals surface area contributed by atoms with Crippen molar-refractivity contribution in [3.8, 4) is 17.5 Å². The number of nitrogens with zero attached hydrogens (tertiary/aromatic N) is 4. The van der Waals surface area contributed by atoms with Gasteiger partial charge in [-0.05, 0) is 31.2 Å². The van der Waals surface area contributed by atoms with E-state index in [1.165, 1.54) is 23.9 Å². The Hall–Kier alpha value is -1.87. The van der Waals surface area contributed by atoms with Gasteiger partial charge in [0.2, 0.25) is 0 Å². The number of thioether (sulfide) groups is 1. The second-order valence-corrected chi connectivity index (χ2v) is 5.07. The van der Waals surface area contributed by atoms with E-state index in [0.29, 0.717) is 11.0 Å². The topological polar surface area (TPSA) is 54.5 Å². The summed E-state index contributed by atoms with van der Waals surface area (Å²) in [6.45, 7) is 1.80. The van der Waals surface area contributed by atoms with Gasteiger partial charge in [-0.2, -0.15) is 5.26 Å². The van der Waals surface area contributed by atoms with Crippen LogP contribution in [0, 0.1) is 17.1 Å². The van der Waals surface area contributed by atoms with Crippen molar-refractivity contribution in [1.29, 1.82) is 5.26 Å². The van der Waals surface area contributed by atoms with E-state index in [1.54, 1.807) is 23.6 Å². The van der Waals surface area contributed by atoms with Crippen LogP contribution in [-0.2, 0) is 7.05 Å². The quantitative estimate of drug-likeness (QED) is 0.798. The van der Waals surface area contributed by atoms with Crippen molar-refractivity contribution in [3.05, 3.63) is 30.1 Å². The predicted octanol–water partition coefficient (Wildman–Crippen LogP) is 2.63. The fourth-order valence-electron chi connectivity index (χ4n) is 1.45. The molecule has 18 heavy (non-hydrogen) atoms. The number of hydrogen-bond donors (Lipinski definition) is 0. The van der Waals surface area contributed by atoms with Crippen molar-refractivity contribution < 1.29 is 4.39 Å². The first-order valence-corrected chi connectivity index (χ1v) is 6.21. The number of hydrogen-bond acceptors (Lipinski definition) is 4. The second kappa shape index (κ2) is 5.19. The molecule has 0 aliphatic rings. The molecule has 1 atom stereocenters. The van der Waals surface area contributed by atoms with Gasteiger partial charge in [0, 0.05) is 12.6 Å². The van der Waals surface area contributed by atoms with Crippen LogP contribution in [0.5, 0.6) is 0 Å². The van der Waals surface area contributed by atoms with E-state index in [0.717, 1.165) is 5.56 Å². The third-order valence-electron chi connectivity index (χ3n) is 2.40. The first-order valence-electron chi connectivity index (χ1n) is 5.33. The maximum Gasteiger partial charge on any atom is 0.192 e. The molecule has 1 unspecified atom stereocenters. The molecule has 4 nitrogen and oxygen atoms in total. The molecule has 0 radical (unpaired) electrons. The minimum absolute atomic E-state index is 0.186.